The quantitative estimate of drug-likeness (QED) is 0.735. The Hall–Kier alpha value is -1.12. The van der Waals surface area contributed by atoms with Gasteiger partial charge < -0.3 is 4.90 Å². The Morgan fingerprint density at radius 3 is 2.06 bits per heavy atom. The second kappa shape index (κ2) is 3.06. The zero-order valence-electron chi connectivity index (χ0n) is 11.3. The number of fused-ring (bicyclic) bond motifs is 1. The highest BCUT2D eigenvalue weighted by atomic mass is 19.3. The van der Waals surface area contributed by atoms with E-state index in [0.717, 1.165) is 5.69 Å². The second-order valence-electron chi connectivity index (χ2n) is 6.69. The highest BCUT2D eigenvalue weighted by molar-refractivity contribution is 5.62. The van der Waals surface area contributed by atoms with Crippen LogP contribution >= 0.6 is 0 Å². The summed E-state index contributed by atoms with van der Waals surface area (Å²) in [6.07, 6.45) is 0. The first kappa shape index (κ1) is 11.9. The molecule has 1 heterocycles. The van der Waals surface area contributed by atoms with Gasteiger partial charge in [0.1, 0.15) is 0 Å². The van der Waals surface area contributed by atoms with E-state index >= 15 is 0 Å². The van der Waals surface area contributed by atoms with Crippen LogP contribution in [0.25, 0.3) is 0 Å². The van der Waals surface area contributed by atoms with E-state index < -0.39 is 5.92 Å². The van der Waals surface area contributed by atoms with Crippen LogP contribution in [-0.4, -0.2) is 19.0 Å². The van der Waals surface area contributed by atoms with Crippen molar-refractivity contribution in [2.75, 3.05) is 18.0 Å². The Bertz CT molecular complexity index is 509. The van der Waals surface area contributed by atoms with E-state index in [1.807, 2.05) is 6.07 Å². The molecule has 18 heavy (non-hydrogen) atoms. The molecule has 1 aliphatic carbocycles. The lowest BCUT2D eigenvalue weighted by atomic mass is 9.49. The van der Waals surface area contributed by atoms with E-state index in [1.165, 1.54) is 11.1 Å². The minimum absolute atomic E-state index is 0.117. The molecule has 1 saturated heterocycles. The van der Waals surface area contributed by atoms with Gasteiger partial charge in [0.15, 0.2) is 0 Å². The summed E-state index contributed by atoms with van der Waals surface area (Å²) in [5, 5.41) is 0. The molecule has 0 atom stereocenters. The van der Waals surface area contributed by atoms with Crippen molar-refractivity contribution in [1.82, 2.24) is 0 Å². The minimum Gasteiger partial charge on any atom is -0.359 e. The number of rotatable bonds is 1. The van der Waals surface area contributed by atoms with Gasteiger partial charge in [-0.25, -0.2) is 8.78 Å². The van der Waals surface area contributed by atoms with Crippen molar-refractivity contribution in [3.63, 3.8) is 0 Å². The van der Waals surface area contributed by atoms with Crippen LogP contribution in [0, 0.1) is 0 Å². The first-order valence-corrected chi connectivity index (χ1v) is 6.43. The summed E-state index contributed by atoms with van der Waals surface area (Å²) in [6, 6.07) is 6.17. The summed E-state index contributed by atoms with van der Waals surface area (Å²) in [6.45, 7) is 8.65. The average Bonchev–Trinajstić information content (AvgIpc) is 2.24. The molecule has 1 aromatic carbocycles. The topological polar surface area (TPSA) is 3.24 Å². The van der Waals surface area contributed by atoms with Crippen LogP contribution in [-0.2, 0) is 10.8 Å². The standard InChI is InChI=1S/C15H19F2N/c1-13(2)11-6-5-10(7-12(11)14(13,3)4)18-8-15(16,17)9-18/h5-7H,8-9H2,1-4H3. The largest absolute Gasteiger partial charge is 0.359 e. The lowest BCUT2D eigenvalue weighted by Crippen LogP contribution is -2.57. The zero-order chi connectivity index (χ0) is 13.3. The fourth-order valence-corrected chi connectivity index (χ4v) is 3.10. The van der Waals surface area contributed by atoms with Gasteiger partial charge in [0.05, 0.1) is 13.1 Å². The Morgan fingerprint density at radius 1 is 0.944 bits per heavy atom. The van der Waals surface area contributed by atoms with Crippen LogP contribution in [0.4, 0.5) is 14.5 Å². The smallest absolute Gasteiger partial charge is 0.282 e. The molecule has 3 heteroatoms. The van der Waals surface area contributed by atoms with E-state index in [9.17, 15) is 8.78 Å². The molecule has 2 aliphatic rings. The van der Waals surface area contributed by atoms with Gasteiger partial charge >= 0.3 is 0 Å². The highest BCUT2D eigenvalue weighted by Gasteiger charge is 2.51. The third kappa shape index (κ3) is 1.30. The van der Waals surface area contributed by atoms with Gasteiger partial charge in [0.2, 0.25) is 0 Å². The number of alkyl halides is 2. The minimum atomic E-state index is -2.50. The lowest BCUT2D eigenvalue weighted by Gasteiger charge is -2.55. The van der Waals surface area contributed by atoms with Crippen molar-refractivity contribution in [1.29, 1.82) is 0 Å². The predicted molar refractivity (Wildman–Crippen MR) is 69.7 cm³/mol. The molecule has 0 aromatic heterocycles. The fraction of sp³-hybridized carbons (Fsp3) is 0.600. The van der Waals surface area contributed by atoms with Gasteiger partial charge in [0.25, 0.3) is 5.92 Å². The molecule has 98 valence electrons. The molecule has 0 spiro atoms. The summed E-state index contributed by atoms with van der Waals surface area (Å²) >= 11 is 0. The number of hydrogen-bond donors (Lipinski definition) is 0. The molecule has 0 bridgehead atoms. The molecule has 0 unspecified atom stereocenters. The van der Waals surface area contributed by atoms with E-state index in [-0.39, 0.29) is 23.9 Å². The van der Waals surface area contributed by atoms with Gasteiger partial charge in [-0.3, -0.25) is 0 Å². The SMILES string of the molecule is CC1(C)c2ccc(N3CC(F)(F)C3)cc2C1(C)C. The molecule has 0 saturated carbocycles. The first-order chi connectivity index (χ1) is 8.15. The van der Waals surface area contributed by atoms with Gasteiger partial charge in [-0.2, -0.15) is 0 Å². The van der Waals surface area contributed by atoms with Crippen molar-refractivity contribution < 1.29 is 8.78 Å². The Balaban J connectivity index is 1.93. The highest BCUT2D eigenvalue weighted by Crippen LogP contribution is 2.56. The van der Waals surface area contributed by atoms with Gasteiger partial charge in [-0.1, -0.05) is 33.8 Å². The monoisotopic (exact) mass is 251 g/mol. The number of hydrogen-bond acceptors (Lipinski definition) is 1. The van der Waals surface area contributed by atoms with E-state index in [2.05, 4.69) is 39.8 Å². The molecule has 3 rings (SSSR count). The third-order valence-electron chi connectivity index (χ3n) is 5.12. The van der Waals surface area contributed by atoms with Gasteiger partial charge in [0, 0.05) is 5.69 Å². The van der Waals surface area contributed by atoms with Crippen molar-refractivity contribution in [3.05, 3.63) is 29.3 Å². The maximum absolute atomic E-state index is 12.9. The average molecular weight is 251 g/mol. The molecule has 1 nitrogen and oxygen atoms in total. The fourth-order valence-electron chi connectivity index (χ4n) is 3.10. The van der Waals surface area contributed by atoms with Crippen LogP contribution in [0.2, 0.25) is 0 Å². The maximum Gasteiger partial charge on any atom is 0.282 e. The lowest BCUT2D eigenvalue weighted by molar-refractivity contribution is -0.0262. The summed E-state index contributed by atoms with van der Waals surface area (Å²) in [5.41, 5.74) is 3.87. The third-order valence-corrected chi connectivity index (χ3v) is 5.12. The van der Waals surface area contributed by atoms with Crippen molar-refractivity contribution >= 4 is 5.69 Å². The second-order valence-corrected chi connectivity index (χ2v) is 6.69. The molecule has 0 radical (unpaired) electrons. The number of nitrogens with zero attached hydrogens (tertiary/aromatic N) is 1. The molecule has 1 aliphatic heterocycles. The summed E-state index contributed by atoms with van der Waals surface area (Å²) < 4.78 is 25.8. The van der Waals surface area contributed by atoms with E-state index in [1.54, 1.807) is 4.90 Å². The number of benzene rings is 1. The van der Waals surface area contributed by atoms with Crippen LogP contribution in [0.15, 0.2) is 18.2 Å². The van der Waals surface area contributed by atoms with Crippen molar-refractivity contribution in [2.24, 2.45) is 0 Å². The Labute approximate surface area is 107 Å². The number of halogens is 2. The molecule has 1 fully saturated rings. The zero-order valence-corrected chi connectivity index (χ0v) is 11.3. The van der Waals surface area contributed by atoms with E-state index in [0.29, 0.717) is 0 Å². The first-order valence-electron chi connectivity index (χ1n) is 6.43. The van der Waals surface area contributed by atoms with Crippen LogP contribution in [0.3, 0.4) is 0 Å². The maximum atomic E-state index is 12.9. The summed E-state index contributed by atoms with van der Waals surface area (Å²) in [7, 11) is 0. The van der Waals surface area contributed by atoms with Gasteiger partial charge in [-0.15, -0.1) is 0 Å². The van der Waals surface area contributed by atoms with Crippen LogP contribution < -0.4 is 4.90 Å². The molecular formula is C15H19F2N. The Morgan fingerprint density at radius 2 is 1.50 bits per heavy atom. The molecule has 0 amide bonds. The van der Waals surface area contributed by atoms with Gasteiger partial charge in [-0.05, 0) is 34.1 Å². The predicted octanol–water partition coefficient (Wildman–Crippen LogP) is 3.71. The molecular weight excluding hydrogens is 232 g/mol. The van der Waals surface area contributed by atoms with Crippen LogP contribution in [0.5, 0.6) is 0 Å². The Kier molecular flexibility index (Phi) is 2.03. The molecule has 1 aromatic rings. The summed E-state index contributed by atoms with van der Waals surface area (Å²) in [5.74, 6) is -2.50. The van der Waals surface area contributed by atoms with E-state index in [4.69, 9.17) is 0 Å². The summed E-state index contributed by atoms with van der Waals surface area (Å²) in [4.78, 5) is 1.75. The number of anilines is 1. The van der Waals surface area contributed by atoms with Crippen LogP contribution in [0.1, 0.15) is 38.8 Å². The van der Waals surface area contributed by atoms with Crippen molar-refractivity contribution in [3.8, 4) is 0 Å². The normalized spacial score (nSPS) is 26.0. The van der Waals surface area contributed by atoms with Crippen molar-refractivity contribution in [2.45, 2.75) is 44.4 Å². The molecule has 0 N–H and O–H groups in total.